The van der Waals surface area contributed by atoms with Crippen LogP contribution in [0.2, 0.25) is 0 Å². The Morgan fingerprint density at radius 2 is 1.00 bits per heavy atom. The molecule has 0 aromatic heterocycles. The smallest absolute Gasteiger partial charge is 0.207 e. The quantitative estimate of drug-likeness (QED) is 0.727. The van der Waals surface area contributed by atoms with E-state index in [-0.39, 0.29) is 22.9 Å². The molecule has 1 aliphatic heterocycles. The number of sulfonamides is 2. The number of aryl methyl sites for hydroxylation is 2. The maximum atomic E-state index is 14.6. The zero-order valence-electron chi connectivity index (χ0n) is 16.0. The van der Waals surface area contributed by atoms with E-state index in [1.54, 1.807) is 38.1 Å². The molecule has 0 bridgehead atoms. The lowest BCUT2D eigenvalue weighted by atomic mass is 10.2. The molecular weight excluding hydrogens is 422 g/mol. The normalized spacial score (nSPS) is 19.0. The largest absolute Gasteiger partial charge is 0.275 e. The van der Waals surface area contributed by atoms with Gasteiger partial charge in [-0.3, -0.25) is 0 Å². The van der Waals surface area contributed by atoms with Gasteiger partial charge in [-0.15, -0.1) is 0 Å². The summed E-state index contributed by atoms with van der Waals surface area (Å²) in [7, 11) is -8.36. The van der Waals surface area contributed by atoms with E-state index in [1.807, 2.05) is 0 Å². The lowest BCUT2D eigenvalue weighted by Gasteiger charge is -2.24. The summed E-state index contributed by atoms with van der Waals surface area (Å²) in [5.41, 5.74) is 1.67. The second kappa shape index (κ2) is 7.75. The minimum Gasteiger partial charge on any atom is -0.207 e. The first-order chi connectivity index (χ1) is 13.4. The molecule has 3 rings (SSSR count). The molecule has 2 aromatic carbocycles. The van der Waals surface area contributed by atoms with Gasteiger partial charge in [-0.2, -0.15) is 8.61 Å². The molecular formula is C19H22F2N2O4S2. The first-order valence-electron chi connectivity index (χ1n) is 8.93. The number of hydrogen-bond donors (Lipinski definition) is 0. The monoisotopic (exact) mass is 444 g/mol. The van der Waals surface area contributed by atoms with Crippen LogP contribution < -0.4 is 0 Å². The predicted octanol–water partition coefficient (Wildman–Crippen LogP) is 2.63. The summed E-state index contributed by atoms with van der Waals surface area (Å²) >= 11 is 0. The molecule has 0 aliphatic carbocycles. The van der Waals surface area contributed by atoms with E-state index in [4.69, 9.17) is 0 Å². The van der Waals surface area contributed by atoms with Crippen LogP contribution in [0.3, 0.4) is 0 Å². The Kier molecular flexibility index (Phi) is 5.83. The Hall–Kier alpha value is -1.88. The molecule has 6 nitrogen and oxygen atoms in total. The zero-order chi connectivity index (χ0) is 21.4. The SMILES string of the molecule is Cc1ccc(S(=O)(=O)N2CCN(S(=O)(=O)c3ccc(C)cc3)CC(F)(F)C2)cc1. The maximum Gasteiger partial charge on any atom is 0.275 e. The highest BCUT2D eigenvalue weighted by atomic mass is 32.2. The van der Waals surface area contributed by atoms with Crippen LogP contribution in [-0.2, 0) is 20.0 Å². The van der Waals surface area contributed by atoms with E-state index >= 15 is 0 Å². The number of halogens is 2. The summed E-state index contributed by atoms with van der Waals surface area (Å²) in [5, 5.41) is 0. The van der Waals surface area contributed by atoms with Crippen molar-refractivity contribution in [3.63, 3.8) is 0 Å². The summed E-state index contributed by atoms with van der Waals surface area (Å²) in [5.74, 6) is -3.54. The first kappa shape index (κ1) is 21.8. The van der Waals surface area contributed by atoms with E-state index in [0.717, 1.165) is 11.1 Å². The second-order valence-electron chi connectivity index (χ2n) is 7.16. The standard InChI is InChI=1S/C19H22F2N2O4S2/c1-15-3-7-17(8-4-15)28(24,25)22-11-12-23(14-19(20,21)13-22)29(26,27)18-9-5-16(2)6-10-18/h3-10H,11-14H2,1-2H3. The van der Waals surface area contributed by atoms with Gasteiger partial charge in [-0.05, 0) is 38.1 Å². The van der Waals surface area contributed by atoms with Gasteiger partial charge in [0.05, 0.1) is 22.9 Å². The van der Waals surface area contributed by atoms with Crippen LogP contribution >= 0.6 is 0 Å². The van der Waals surface area contributed by atoms with E-state index in [1.165, 1.54) is 24.3 Å². The number of hydrogen-bond acceptors (Lipinski definition) is 4. The van der Waals surface area contributed by atoms with Crippen LogP contribution in [-0.4, -0.2) is 57.5 Å². The van der Waals surface area contributed by atoms with Crippen molar-refractivity contribution in [3.05, 3.63) is 59.7 Å². The van der Waals surface area contributed by atoms with Crippen LogP contribution in [0.25, 0.3) is 0 Å². The van der Waals surface area contributed by atoms with Gasteiger partial charge < -0.3 is 0 Å². The Labute approximate surface area is 169 Å². The minimum atomic E-state index is -4.18. The summed E-state index contributed by atoms with van der Waals surface area (Å²) < 4.78 is 81.8. The highest BCUT2D eigenvalue weighted by molar-refractivity contribution is 7.89. The minimum absolute atomic E-state index is 0.103. The van der Waals surface area contributed by atoms with Crippen molar-refractivity contribution in [2.45, 2.75) is 29.6 Å². The number of alkyl halides is 2. The third-order valence-corrected chi connectivity index (χ3v) is 8.45. The summed E-state index contributed by atoms with van der Waals surface area (Å²) in [6.07, 6.45) is 0. The fourth-order valence-corrected chi connectivity index (χ4v) is 5.99. The number of benzene rings is 2. The summed E-state index contributed by atoms with van der Waals surface area (Å²) in [6, 6.07) is 11.7. The first-order valence-corrected chi connectivity index (χ1v) is 11.8. The molecule has 29 heavy (non-hydrogen) atoms. The molecule has 0 spiro atoms. The Balaban J connectivity index is 1.91. The molecule has 0 N–H and O–H groups in total. The van der Waals surface area contributed by atoms with Gasteiger partial charge in [0.2, 0.25) is 20.0 Å². The van der Waals surface area contributed by atoms with Gasteiger partial charge in [-0.25, -0.2) is 25.6 Å². The lowest BCUT2D eigenvalue weighted by Crippen LogP contribution is -2.42. The van der Waals surface area contributed by atoms with E-state index in [0.29, 0.717) is 8.61 Å². The Morgan fingerprint density at radius 3 is 1.31 bits per heavy atom. The fraction of sp³-hybridized carbons (Fsp3) is 0.368. The molecule has 0 amide bonds. The molecule has 10 heteroatoms. The van der Waals surface area contributed by atoms with Gasteiger partial charge in [0, 0.05) is 13.1 Å². The van der Waals surface area contributed by atoms with Crippen molar-refractivity contribution in [3.8, 4) is 0 Å². The van der Waals surface area contributed by atoms with Gasteiger partial charge in [0.25, 0.3) is 5.92 Å². The highest BCUT2D eigenvalue weighted by Crippen LogP contribution is 2.28. The second-order valence-corrected chi connectivity index (χ2v) is 11.0. The molecule has 1 heterocycles. The number of rotatable bonds is 4. The molecule has 0 atom stereocenters. The van der Waals surface area contributed by atoms with Gasteiger partial charge in [-0.1, -0.05) is 35.4 Å². The molecule has 0 unspecified atom stereocenters. The van der Waals surface area contributed by atoms with Crippen molar-refractivity contribution in [2.24, 2.45) is 0 Å². The molecule has 1 fully saturated rings. The van der Waals surface area contributed by atoms with Crippen molar-refractivity contribution < 1.29 is 25.6 Å². The van der Waals surface area contributed by atoms with Crippen molar-refractivity contribution in [1.82, 2.24) is 8.61 Å². The third-order valence-electron chi connectivity index (χ3n) is 4.73. The lowest BCUT2D eigenvalue weighted by molar-refractivity contribution is -0.0155. The van der Waals surface area contributed by atoms with Crippen molar-refractivity contribution in [1.29, 1.82) is 0 Å². The molecule has 0 radical (unpaired) electrons. The van der Waals surface area contributed by atoms with Crippen molar-refractivity contribution in [2.75, 3.05) is 26.2 Å². The van der Waals surface area contributed by atoms with E-state index in [2.05, 4.69) is 0 Å². The Bertz CT molecular complexity index is 997. The molecule has 1 aliphatic rings. The predicted molar refractivity (Wildman–Crippen MR) is 105 cm³/mol. The van der Waals surface area contributed by atoms with Crippen LogP contribution in [0, 0.1) is 13.8 Å². The van der Waals surface area contributed by atoms with E-state index < -0.39 is 39.1 Å². The van der Waals surface area contributed by atoms with Gasteiger partial charge in [0.1, 0.15) is 0 Å². The summed E-state index contributed by atoms with van der Waals surface area (Å²) in [4.78, 5) is -0.206. The van der Waals surface area contributed by atoms with Crippen molar-refractivity contribution >= 4 is 20.0 Å². The Morgan fingerprint density at radius 1 is 0.690 bits per heavy atom. The van der Waals surface area contributed by atoms with Crippen LogP contribution in [0.5, 0.6) is 0 Å². The van der Waals surface area contributed by atoms with Gasteiger partial charge >= 0.3 is 0 Å². The molecule has 2 aromatic rings. The average Bonchev–Trinajstić information content (AvgIpc) is 2.81. The van der Waals surface area contributed by atoms with Gasteiger partial charge in [0.15, 0.2) is 0 Å². The average molecular weight is 445 g/mol. The third kappa shape index (κ3) is 4.66. The maximum absolute atomic E-state index is 14.6. The topological polar surface area (TPSA) is 74.8 Å². The molecule has 158 valence electrons. The van der Waals surface area contributed by atoms with Crippen LogP contribution in [0.15, 0.2) is 58.3 Å². The van der Waals surface area contributed by atoms with E-state index in [9.17, 15) is 25.6 Å². The number of nitrogens with zero attached hydrogens (tertiary/aromatic N) is 2. The molecule has 1 saturated heterocycles. The van der Waals surface area contributed by atoms with Crippen LogP contribution in [0.4, 0.5) is 8.78 Å². The summed E-state index contributed by atoms with van der Waals surface area (Å²) in [6.45, 7) is 0.675. The van der Waals surface area contributed by atoms with Crippen LogP contribution in [0.1, 0.15) is 11.1 Å². The fourth-order valence-electron chi connectivity index (χ4n) is 3.08. The molecule has 0 saturated carbocycles. The zero-order valence-corrected chi connectivity index (χ0v) is 17.7. The highest BCUT2D eigenvalue weighted by Gasteiger charge is 2.44.